The van der Waals surface area contributed by atoms with Crippen molar-refractivity contribution in [2.45, 2.75) is 44.2 Å². The third-order valence-corrected chi connectivity index (χ3v) is 6.23. The lowest BCUT2D eigenvalue weighted by Crippen LogP contribution is -2.26. The average Bonchev–Trinajstić information content (AvgIpc) is 3.19. The lowest BCUT2D eigenvalue weighted by atomic mass is 10.2. The van der Waals surface area contributed by atoms with E-state index in [1.807, 2.05) is 24.3 Å². The number of benzene rings is 1. The number of likely N-dealkylation sites (tertiary alicyclic amines) is 1. The summed E-state index contributed by atoms with van der Waals surface area (Å²) in [6.45, 7) is 1.86. The van der Waals surface area contributed by atoms with Crippen molar-refractivity contribution in [3.63, 3.8) is 0 Å². The number of fused-ring (bicyclic) bond motifs is 1. The van der Waals surface area contributed by atoms with Crippen LogP contribution in [0.25, 0.3) is 10.9 Å². The summed E-state index contributed by atoms with van der Waals surface area (Å²) in [6, 6.07) is 7.71. The van der Waals surface area contributed by atoms with Crippen LogP contribution in [0.3, 0.4) is 0 Å². The Hall–Kier alpha value is -2.05. The second-order valence-electron chi connectivity index (χ2n) is 7.05. The molecule has 0 amide bonds. The van der Waals surface area contributed by atoms with Gasteiger partial charge in [-0.2, -0.15) is 0 Å². The van der Waals surface area contributed by atoms with E-state index in [1.165, 1.54) is 17.8 Å². The lowest BCUT2D eigenvalue weighted by molar-refractivity contribution is 0.237. The van der Waals surface area contributed by atoms with Crippen LogP contribution in [0.5, 0.6) is 0 Å². The Morgan fingerprint density at radius 1 is 1.20 bits per heavy atom. The van der Waals surface area contributed by atoms with Crippen molar-refractivity contribution in [2.24, 2.45) is 0 Å². The van der Waals surface area contributed by atoms with Crippen molar-refractivity contribution in [3.05, 3.63) is 56.5 Å². The Morgan fingerprint density at radius 2 is 2.08 bits per heavy atom. The fourth-order valence-corrected chi connectivity index (χ4v) is 4.69. The molecule has 6 heteroatoms. The van der Waals surface area contributed by atoms with Gasteiger partial charge in [0.05, 0.1) is 27.6 Å². The molecule has 0 spiro atoms. The highest BCUT2D eigenvalue weighted by Crippen LogP contribution is 2.41. The van der Waals surface area contributed by atoms with Crippen LogP contribution < -0.4 is 5.56 Å². The number of aromatic amines is 1. The maximum Gasteiger partial charge on any atom is 0.258 e. The van der Waals surface area contributed by atoms with E-state index in [9.17, 15) is 4.79 Å². The first-order chi connectivity index (χ1) is 12.3. The Labute approximate surface area is 149 Å². The number of para-hydroxylation sites is 1. The van der Waals surface area contributed by atoms with Gasteiger partial charge in [0.25, 0.3) is 5.56 Å². The van der Waals surface area contributed by atoms with Crippen LogP contribution in [0.4, 0.5) is 0 Å². The van der Waals surface area contributed by atoms with Gasteiger partial charge in [0, 0.05) is 17.8 Å². The summed E-state index contributed by atoms with van der Waals surface area (Å²) in [5, 5.41) is 4.15. The third kappa shape index (κ3) is 2.89. The zero-order valence-electron chi connectivity index (χ0n) is 13.9. The number of nitrogens with one attached hydrogen (secondary N) is 1. The van der Waals surface area contributed by atoms with Gasteiger partial charge in [0.1, 0.15) is 5.82 Å². The van der Waals surface area contributed by atoms with E-state index in [0.29, 0.717) is 11.3 Å². The second-order valence-corrected chi connectivity index (χ2v) is 7.94. The van der Waals surface area contributed by atoms with Crippen molar-refractivity contribution in [3.8, 4) is 0 Å². The number of hydrogen-bond acceptors (Lipinski definition) is 5. The van der Waals surface area contributed by atoms with Gasteiger partial charge in [0.15, 0.2) is 0 Å². The Bertz CT molecular complexity index is 975. The van der Waals surface area contributed by atoms with Crippen molar-refractivity contribution in [2.75, 3.05) is 6.54 Å². The second kappa shape index (κ2) is 6.04. The zero-order chi connectivity index (χ0) is 16.8. The SMILES string of the molecule is O=c1[nH]c(C2CCCN2Cc2csc(C3CC3)n2)nc2ccccc12. The highest BCUT2D eigenvalue weighted by molar-refractivity contribution is 7.09. The summed E-state index contributed by atoms with van der Waals surface area (Å²) in [5.74, 6) is 1.51. The molecular weight excluding hydrogens is 332 g/mol. The average molecular weight is 352 g/mol. The van der Waals surface area contributed by atoms with Gasteiger partial charge in [-0.1, -0.05) is 12.1 Å². The monoisotopic (exact) mass is 352 g/mol. The highest BCUT2D eigenvalue weighted by atomic mass is 32.1. The summed E-state index contributed by atoms with van der Waals surface area (Å²) in [6.07, 6.45) is 4.74. The largest absolute Gasteiger partial charge is 0.309 e. The molecular formula is C19H20N4OS. The topological polar surface area (TPSA) is 61.9 Å². The summed E-state index contributed by atoms with van der Waals surface area (Å²) >= 11 is 1.79. The van der Waals surface area contributed by atoms with Gasteiger partial charge in [-0.15, -0.1) is 11.3 Å². The van der Waals surface area contributed by atoms with Gasteiger partial charge in [0.2, 0.25) is 0 Å². The number of rotatable bonds is 4. The molecule has 1 aliphatic carbocycles. The van der Waals surface area contributed by atoms with Crippen molar-refractivity contribution in [1.82, 2.24) is 19.9 Å². The van der Waals surface area contributed by atoms with Crippen LogP contribution in [0.15, 0.2) is 34.4 Å². The molecule has 1 saturated carbocycles. The lowest BCUT2D eigenvalue weighted by Gasteiger charge is -2.22. The summed E-state index contributed by atoms with van der Waals surface area (Å²) in [5.41, 5.74) is 1.89. The third-order valence-electron chi connectivity index (χ3n) is 5.17. The number of nitrogens with zero attached hydrogens (tertiary/aromatic N) is 3. The van der Waals surface area contributed by atoms with Crippen LogP contribution in [0.1, 0.15) is 54.2 Å². The first-order valence-corrected chi connectivity index (χ1v) is 9.83. The van der Waals surface area contributed by atoms with Crippen LogP contribution in [0, 0.1) is 0 Å². The molecule has 5 nitrogen and oxygen atoms in total. The quantitative estimate of drug-likeness (QED) is 0.779. The Kier molecular flexibility index (Phi) is 3.68. The first-order valence-electron chi connectivity index (χ1n) is 8.95. The van der Waals surface area contributed by atoms with Gasteiger partial charge in [-0.05, 0) is 44.4 Å². The first kappa shape index (κ1) is 15.2. The minimum Gasteiger partial charge on any atom is -0.309 e. The molecule has 2 aromatic heterocycles. The molecule has 1 unspecified atom stereocenters. The van der Waals surface area contributed by atoms with Crippen molar-refractivity contribution < 1.29 is 0 Å². The van der Waals surface area contributed by atoms with Crippen molar-refractivity contribution in [1.29, 1.82) is 0 Å². The van der Waals surface area contributed by atoms with Gasteiger partial charge >= 0.3 is 0 Å². The molecule has 128 valence electrons. The molecule has 1 N–H and O–H groups in total. The fraction of sp³-hybridized carbons (Fsp3) is 0.421. The maximum atomic E-state index is 12.4. The molecule has 3 aromatic rings. The van der Waals surface area contributed by atoms with Gasteiger partial charge in [-0.25, -0.2) is 9.97 Å². The molecule has 3 heterocycles. The molecule has 1 aromatic carbocycles. The van der Waals surface area contributed by atoms with Crippen molar-refractivity contribution >= 4 is 22.2 Å². The van der Waals surface area contributed by atoms with Crippen LogP contribution >= 0.6 is 11.3 Å². The van der Waals surface area contributed by atoms with Crippen LogP contribution in [0.2, 0.25) is 0 Å². The van der Waals surface area contributed by atoms with E-state index in [0.717, 1.165) is 43.0 Å². The highest BCUT2D eigenvalue weighted by Gasteiger charge is 2.30. The fourth-order valence-electron chi connectivity index (χ4n) is 3.71. The standard InChI is InChI=1S/C19H20N4OS/c24-18-14-4-1-2-5-15(14)21-17(22-18)16-6-3-9-23(16)10-13-11-25-19(20-13)12-7-8-12/h1-2,4-5,11-12,16H,3,6-10H2,(H,21,22,24). The molecule has 5 rings (SSSR count). The van der Waals surface area contributed by atoms with Crippen LogP contribution in [-0.2, 0) is 6.54 Å². The zero-order valence-corrected chi connectivity index (χ0v) is 14.8. The summed E-state index contributed by atoms with van der Waals surface area (Å²) < 4.78 is 0. The van der Waals surface area contributed by atoms with E-state index >= 15 is 0 Å². The number of thiazole rings is 1. The number of hydrogen-bond donors (Lipinski definition) is 1. The van der Waals surface area contributed by atoms with E-state index in [-0.39, 0.29) is 11.6 Å². The minimum atomic E-state index is -0.0443. The van der Waals surface area contributed by atoms with Gasteiger partial charge in [-0.3, -0.25) is 9.69 Å². The molecule has 1 saturated heterocycles. The van der Waals surface area contributed by atoms with E-state index in [2.05, 4.69) is 15.3 Å². The maximum absolute atomic E-state index is 12.4. The molecule has 0 bridgehead atoms. The Balaban J connectivity index is 1.43. The van der Waals surface area contributed by atoms with E-state index < -0.39 is 0 Å². The summed E-state index contributed by atoms with van der Waals surface area (Å²) in [4.78, 5) is 27.4. The predicted molar refractivity (Wildman–Crippen MR) is 98.8 cm³/mol. The summed E-state index contributed by atoms with van der Waals surface area (Å²) in [7, 11) is 0. The number of aromatic nitrogens is 3. The molecule has 2 aliphatic rings. The predicted octanol–water partition coefficient (Wildman–Crippen LogP) is 3.59. The smallest absolute Gasteiger partial charge is 0.258 e. The normalized spacial score (nSPS) is 21.2. The number of H-pyrrole nitrogens is 1. The van der Waals surface area contributed by atoms with Gasteiger partial charge < -0.3 is 4.98 Å². The Morgan fingerprint density at radius 3 is 2.96 bits per heavy atom. The van der Waals surface area contributed by atoms with E-state index in [1.54, 1.807) is 11.3 Å². The molecule has 1 atom stereocenters. The minimum absolute atomic E-state index is 0.0443. The molecule has 25 heavy (non-hydrogen) atoms. The van der Waals surface area contributed by atoms with E-state index in [4.69, 9.17) is 9.97 Å². The molecule has 1 aliphatic heterocycles. The van der Waals surface area contributed by atoms with Crippen LogP contribution in [-0.4, -0.2) is 26.4 Å². The molecule has 2 fully saturated rings. The molecule has 0 radical (unpaired) electrons.